The molecule has 1 aliphatic rings. The highest BCUT2D eigenvalue weighted by Gasteiger charge is 2.25. The van der Waals surface area contributed by atoms with E-state index in [1.54, 1.807) is 6.92 Å². The van der Waals surface area contributed by atoms with Crippen molar-refractivity contribution >= 4 is 5.97 Å². The van der Waals surface area contributed by atoms with Crippen LogP contribution in [0.15, 0.2) is 0 Å². The van der Waals surface area contributed by atoms with Crippen molar-refractivity contribution in [2.45, 2.75) is 51.2 Å². The van der Waals surface area contributed by atoms with Gasteiger partial charge in [-0.3, -0.25) is 4.79 Å². The summed E-state index contributed by atoms with van der Waals surface area (Å²) < 4.78 is 5.06. The Kier molecular flexibility index (Phi) is 3.53. The first-order chi connectivity index (χ1) is 5.74. The van der Waals surface area contributed by atoms with Crippen LogP contribution in [-0.2, 0) is 9.53 Å². The van der Waals surface area contributed by atoms with Gasteiger partial charge in [0.25, 0.3) is 0 Å². The normalized spacial score (nSPS) is 29.8. The largest absolute Gasteiger partial charge is 0.460 e. The van der Waals surface area contributed by atoms with Crippen LogP contribution in [0.5, 0.6) is 0 Å². The fraction of sp³-hybridized carbons (Fsp3) is 0.889. The minimum absolute atomic E-state index is 0.207. The van der Waals surface area contributed by atoms with Crippen LogP contribution in [0, 0.1) is 0 Å². The van der Waals surface area contributed by atoms with Crippen LogP contribution in [0.4, 0.5) is 0 Å². The highest BCUT2D eigenvalue weighted by molar-refractivity contribution is 5.69. The van der Waals surface area contributed by atoms with Gasteiger partial charge < -0.3 is 9.84 Å². The lowest BCUT2D eigenvalue weighted by atomic mass is 9.95. The SMILES string of the molecule is CCC(=O)O[C@H]1CCCC[C@@H]1O. The number of hydrogen-bond donors (Lipinski definition) is 1. The maximum atomic E-state index is 10.9. The molecule has 0 saturated heterocycles. The van der Waals surface area contributed by atoms with Crippen molar-refractivity contribution in [3.8, 4) is 0 Å². The van der Waals surface area contributed by atoms with Gasteiger partial charge in [0.15, 0.2) is 0 Å². The van der Waals surface area contributed by atoms with Gasteiger partial charge in [0.2, 0.25) is 0 Å². The average Bonchev–Trinajstić information content (AvgIpc) is 2.09. The van der Waals surface area contributed by atoms with Crippen LogP contribution < -0.4 is 0 Å². The highest BCUT2D eigenvalue weighted by Crippen LogP contribution is 2.21. The third-order valence-corrected chi connectivity index (χ3v) is 2.24. The van der Waals surface area contributed by atoms with Crippen molar-refractivity contribution in [3.05, 3.63) is 0 Å². The molecule has 1 aliphatic carbocycles. The number of carbonyl (C=O) groups is 1. The molecule has 1 N–H and O–H groups in total. The molecule has 0 aliphatic heterocycles. The van der Waals surface area contributed by atoms with E-state index in [1.165, 1.54) is 0 Å². The average molecular weight is 172 g/mol. The lowest BCUT2D eigenvalue weighted by Gasteiger charge is -2.26. The van der Waals surface area contributed by atoms with Crippen molar-refractivity contribution in [1.82, 2.24) is 0 Å². The topological polar surface area (TPSA) is 46.5 Å². The van der Waals surface area contributed by atoms with E-state index in [4.69, 9.17) is 4.74 Å². The Hall–Kier alpha value is -0.570. The van der Waals surface area contributed by atoms with Crippen molar-refractivity contribution in [3.63, 3.8) is 0 Å². The predicted octanol–water partition coefficient (Wildman–Crippen LogP) is 1.24. The van der Waals surface area contributed by atoms with E-state index in [0.29, 0.717) is 6.42 Å². The van der Waals surface area contributed by atoms with Crippen molar-refractivity contribution in [2.75, 3.05) is 0 Å². The lowest BCUT2D eigenvalue weighted by Crippen LogP contribution is -2.33. The molecule has 0 radical (unpaired) electrons. The van der Waals surface area contributed by atoms with Crippen LogP contribution in [0.1, 0.15) is 39.0 Å². The van der Waals surface area contributed by atoms with E-state index in [2.05, 4.69) is 0 Å². The molecule has 1 saturated carbocycles. The Bertz CT molecular complexity index is 156. The smallest absolute Gasteiger partial charge is 0.305 e. The van der Waals surface area contributed by atoms with Gasteiger partial charge >= 0.3 is 5.97 Å². The van der Waals surface area contributed by atoms with E-state index >= 15 is 0 Å². The summed E-state index contributed by atoms with van der Waals surface area (Å²) >= 11 is 0. The summed E-state index contributed by atoms with van der Waals surface area (Å²) in [6, 6.07) is 0. The Morgan fingerprint density at radius 3 is 2.75 bits per heavy atom. The summed E-state index contributed by atoms with van der Waals surface area (Å²) in [5.74, 6) is -0.207. The van der Waals surface area contributed by atoms with Crippen molar-refractivity contribution in [2.24, 2.45) is 0 Å². The first-order valence-electron chi connectivity index (χ1n) is 4.61. The first-order valence-corrected chi connectivity index (χ1v) is 4.61. The van der Waals surface area contributed by atoms with Crippen LogP contribution in [-0.4, -0.2) is 23.3 Å². The number of aliphatic hydroxyl groups is 1. The van der Waals surface area contributed by atoms with Gasteiger partial charge in [0, 0.05) is 6.42 Å². The summed E-state index contributed by atoms with van der Waals surface area (Å²) in [5.41, 5.74) is 0. The third kappa shape index (κ3) is 2.48. The van der Waals surface area contributed by atoms with Gasteiger partial charge in [-0.25, -0.2) is 0 Å². The fourth-order valence-corrected chi connectivity index (χ4v) is 1.47. The standard InChI is InChI=1S/C9H16O3/c1-2-9(11)12-8-6-4-3-5-7(8)10/h7-8,10H,2-6H2,1H3/t7-,8-/m0/s1. The van der Waals surface area contributed by atoms with Crippen molar-refractivity contribution < 1.29 is 14.6 Å². The van der Waals surface area contributed by atoms with Gasteiger partial charge in [-0.2, -0.15) is 0 Å². The predicted molar refractivity (Wildman–Crippen MR) is 44.6 cm³/mol. The zero-order chi connectivity index (χ0) is 8.97. The number of ether oxygens (including phenoxy) is 1. The second-order valence-electron chi connectivity index (χ2n) is 3.23. The second kappa shape index (κ2) is 4.45. The highest BCUT2D eigenvalue weighted by atomic mass is 16.6. The van der Waals surface area contributed by atoms with E-state index < -0.39 is 6.10 Å². The third-order valence-electron chi connectivity index (χ3n) is 2.24. The molecule has 0 heterocycles. The van der Waals surface area contributed by atoms with Crippen LogP contribution in [0.2, 0.25) is 0 Å². The molecule has 0 aromatic rings. The summed E-state index contributed by atoms with van der Waals surface area (Å²) in [5, 5.41) is 9.44. The van der Waals surface area contributed by atoms with Crippen LogP contribution in [0.25, 0.3) is 0 Å². The van der Waals surface area contributed by atoms with Gasteiger partial charge in [-0.05, 0) is 19.3 Å². The minimum atomic E-state index is -0.436. The van der Waals surface area contributed by atoms with Crippen LogP contribution >= 0.6 is 0 Å². The molecule has 12 heavy (non-hydrogen) atoms. The fourth-order valence-electron chi connectivity index (χ4n) is 1.47. The summed E-state index contributed by atoms with van der Waals surface area (Å²) in [4.78, 5) is 10.9. The van der Waals surface area contributed by atoms with Gasteiger partial charge in [-0.1, -0.05) is 13.3 Å². The van der Waals surface area contributed by atoms with E-state index in [9.17, 15) is 9.90 Å². The summed E-state index contributed by atoms with van der Waals surface area (Å²) in [7, 11) is 0. The molecular weight excluding hydrogens is 156 g/mol. The maximum absolute atomic E-state index is 10.9. The molecule has 0 aromatic heterocycles. The number of carbonyl (C=O) groups excluding carboxylic acids is 1. The van der Waals surface area contributed by atoms with E-state index in [0.717, 1.165) is 25.7 Å². The first kappa shape index (κ1) is 9.52. The molecule has 3 nitrogen and oxygen atoms in total. The molecule has 1 fully saturated rings. The lowest BCUT2D eigenvalue weighted by molar-refractivity contribution is -0.157. The summed E-state index contributed by atoms with van der Waals surface area (Å²) in [6.07, 6.45) is 3.39. The monoisotopic (exact) mass is 172 g/mol. The molecule has 0 amide bonds. The quantitative estimate of drug-likeness (QED) is 0.637. The molecular formula is C9H16O3. The Morgan fingerprint density at radius 1 is 1.50 bits per heavy atom. The van der Waals surface area contributed by atoms with Crippen LogP contribution in [0.3, 0.4) is 0 Å². The summed E-state index contributed by atoms with van der Waals surface area (Å²) in [6.45, 7) is 1.76. The molecule has 70 valence electrons. The number of esters is 1. The number of aliphatic hydroxyl groups excluding tert-OH is 1. The Labute approximate surface area is 72.7 Å². The van der Waals surface area contributed by atoms with Gasteiger partial charge in [0.1, 0.15) is 6.10 Å². The maximum Gasteiger partial charge on any atom is 0.305 e. The molecule has 1 rings (SSSR count). The Balaban J connectivity index is 2.33. The molecule has 2 atom stereocenters. The minimum Gasteiger partial charge on any atom is -0.460 e. The van der Waals surface area contributed by atoms with E-state index in [1.807, 2.05) is 0 Å². The van der Waals surface area contributed by atoms with Gasteiger partial charge in [0.05, 0.1) is 6.10 Å². The zero-order valence-corrected chi connectivity index (χ0v) is 7.45. The Morgan fingerprint density at radius 2 is 2.17 bits per heavy atom. The van der Waals surface area contributed by atoms with Crippen molar-refractivity contribution in [1.29, 1.82) is 0 Å². The molecule has 3 heteroatoms. The molecule has 0 spiro atoms. The second-order valence-corrected chi connectivity index (χ2v) is 3.23. The zero-order valence-electron chi connectivity index (χ0n) is 7.45. The molecule has 0 aromatic carbocycles. The van der Waals surface area contributed by atoms with Gasteiger partial charge in [-0.15, -0.1) is 0 Å². The van der Waals surface area contributed by atoms with E-state index in [-0.39, 0.29) is 12.1 Å². The molecule has 0 unspecified atom stereocenters. The number of rotatable bonds is 2. The molecule has 0 bridgehead atoms. The number of hydrogen-bond acceptors (Lipinski definition) is 3.